The summed E-state index contributed by atoms with van der Waals surface area (Å²) in [5.41, 5.74) is -0.843. The van der Waals surface area contributed by atoms with Crippen LogP contribution in [0.5, 0.6) is 0 Å². The van der Waals surface area contributed by atoms with Crippen molar-refractivity contribution >= 4 is 28.6 Å². The van der Waals surface area contributed by atoms with E-state index in [0.29, 0.717) is 11.2 Å². The van der Waals surface area contributed by atoms with Crippen molar-refractivity contribution in [3.8, 4) is 0 Å². The van der Waals surface area contributed by atoms with Gasteiger partial charge in [-0.2, -0.15) is 0 Å². The quantitative estimate of drug-likeness (QED) is 0.721. The number of pyridine rings is 1. The fourth-order valence-corrected chi connectivity index (χ4v) is 2.63. The molecule has 1 N–H and O–H groups in total. The van der Waals surface area contributed by atoms with Crippen molar-refractivity contribution in [3.05, 3.63) is 76.3 Å². The molecule has 3 aromatic rings. The standard InChI is InChI=1S/C21H19FN2O4/c1-21(2,3)28-20(27)24-12-16(18(25)15-6-4-5-7-17(15)24)19(26)23-14-10-8-13(22)9-11-14/h4-12H,1-3H3,(H,23,26). The molecule has 0 spiro atoms. The molecule has 2 aromatic carbocycles. The third kappa shape index (κ3) is 4.09. The Morgan fingerprint density at radius 3 is 2.32 bits per heavy atom. The number of nitrogens with one attached hydrogen (secondary N) is 1. The van der Waals surface area contributed by atoms with Crippen molar-refractivity contribution < 1.29 is 18.7 Å². The maximum absolute atomic E-state index is 13.0. The monoisotopic (exact) mass is 382 g/mol. The summed E-state index contributed by atoms with van der Waals surface area (Å²) in [6.45, 7) is 5.16. The van der Waals surface area contributed by atoms with Gasteiger partial charge in [0.1, 0.15) is 17.0 Å². The third-order valence-electron chi connectivity index (χ3n) is 3.85. The fraction of sp³-hybridized carbons (Fsp3) is 0.190. The predicted octanol–water partition coefficient (Wildman–Crippen LogP) is 4.18. The van der Waals surface area contributed by atoms with E-state index in [2.05, 4.69) is 5.32 Å². The maximum atomic E-state index is 13.0. The molecule has 0 saturated heterocycles. The molecule has 0 unspecified atom stereocenters. The molecule has 0 fully saturated rings. The minimum Gasteiger partial charge on any atom is -0.443 e. The van der Waals surface area contributed by atoms with Gasteiger partial charge < -0.3 is 10.1 Å². The van der Waals surface area contributed by atoms with Crippen LogP contribution in [0.2, 0.25) is 0 Å². The molecule has 0 aliphatic carbocycles. The van der Waals surface area contributed by atoms with E-state index in [1.807, 2.05) is 0 Å². The van der Waals surface area contributed by atoms with Gasteiger partial charge in [-0.05, 0) is 57.2 Å². The molecule has 144 valence electrons. The molecular weight excluding hydrogens is 363 g/mol. The van der Waals surface area contributed by atoms with E-state index in [4.69, 9.17) is 4.74 Å². The van der Waals surface area contributed by atoms with Gasteiger partial charge in [-0.1, -0.05) is 12.1 Å². The summed E-state index contributed by atoms with van der Waals surface area (Å²) in [6.07, 6.45) is 0.456. The molecule has 1 heterocycles. The highest BCUT2D eigenvalue weighted by Gasteiger charge is 2.22. The van der Waals surface area contributed by atoms with Crippen LogP contribution in [-0.4, -0.2) is 22.2 Å². The summed E-state index contributed by atoms with van der Waals surface area (Å²) >= 11 is 0. The van der Waals surface area contributed by atoms with Crippen molar-refractivity contribution in [2.24, 2.45) is 0 Å². The third-order valence-corrected chi connectivity index (χ3v) is 3.85. The van der Waals surface area contributed by atoms with Gasteiger partial charge in [-0.3, -0.25) is 14.2 Å². The first-order valence-corrected chi connectivity index (χ1v) is 8.60. The van der Waals surface area contributed by atoms with Crippen molar-refractivity contribution in [1.29, 1.82) is 0 Å². The highest BCUT2D eigenvalue weighted by molar-refractivity contribution is 6.06. The number of hydrogen-bond acceptors (Lipinski definition) is 4. The lowest BCUT2D eigenvalue weighted by atomic mass is 10.1. The highest BCUT2D eigenvalue weighted by atomic mass is 19.1. The van der Waals surface area contributed by atoms with E-state index >= 15 is 0 Å². The minimum atomic E-state index is -0.752. The Balaban J connectivity index is 2.08. The average molecular weight is 382 g/mol. The molecule has 0 aliphatic rings. The Morgan fingerprint density at radius 2 is 1.68 bits per heavy atom. The summed E-state index contributed by atoms with van der Waals surface area (Å²) in [5, 5.41) is 2.74. The lowest BCUT2D eigenvalue weighted by Crippen LogP contribution is -2.30. The first-order valence-electron chi connectivity index (χ1n) is 8.60. The van der Waals surface area contributed by atoms with Gasteiger partial charge in [0.25, 0.3) is 5.91 Å². The molecule has 3 rings (SSSR count). The van der Waals surface area contributed by atoms with Crippen LogP contribution in [0.15, 0.2) is 59.5 Å². The average Bonchev–Trinajstić information content (AvgIpc) is 2.62. The van der Waals surface area contributed by atoms with Crippen molar-refractivity contribution in [1.82, 2.24) is 4.57 Å². The van der Waals surface area contributed by atoms with E-state index in [1.54, 1.807) is 39.0 Å². The number of benzene rings is 2. The molecule has 0 atom stereocenters. The molecule has 7 heteroatoms. The Kier molecular flexibility index (Phi) is 5.00. The number of amides is 1. The lowest BCUT2D eigenvalue weighted by Gasteiger charge is -2.21. The number of hydrogen-bond donors (Lipinski definition) is 1. The largest absolute Gasteiger partial charge is 0.443 e. The maximum Gasteiger partial charge on any atom is 0.419 e. The minimum absolute atomic E-state index is 0.208. The molecule has 0 aliphatic heterocycles. The van der Waals surface area contributed by atoms with Gasteiger partial charge >= 0.3 is 6.09 Å². The zero-order chi connectivity index (χ0) is 20.5. The number of aromatic nitrogens is 1. The second-order valence-electron chi connectivity index (χ2n) is 7.20. The van der Waals surface area contributed by atoms with Crippen LogP contribution in [-0.2, 0) is 4.74 Å². The van der Waals surface area contributed by atoms with Gasteiger partial charge in [0.2, 0.25) is 5.43 Å². The number of para-hydroxylation sites is 1. The number of carbonyl (C=O) groups excluding carboxylic acids is 2. The Bertz CT molecular complexity index is 1110. The number of carbonyl (C=O) groups is 2. The molecule has 0 saturated carbocycles. The lowest BCUT2D eigenvalue weighted by molar-refractivity contribution is 0.0543. The van der Waals surface area contributed by atoms with Gasteiger partial charge in [0, 0.05) is 17.3 Å². The van der Waals surface area contributed by atoms with Crippen molar-refractivity contribution in [2.45, 2.75) is 26.4 Å². The summed E-state index contributed by atoms with van der Waals surface area (Å²) in [4.78, 5) is 38.1. The van der Waals surface area contributed by atoms with Crippen LogP contribution in [0.1, 0.15) is 31.1 Å². The van der Waals surface area contributed by atoms with Crippen molar-refractivity contribution in [2.75, 3.05) is 5.32 Å². The van der Waals surface area contributed by atoms with Crippen LogP contribution in [0.25, 0.3) is 10.9 Å². The number of ether oxygens (including phenoxy) is 1. The van der Waals surface area contributed by atoms with Crippen molar-refractivity contribution in [3.63, 3.8) is 0 Å². The molecule has 1 aromatic heterocycles. The first-order chi connectivity index (χ1) is 13.2. The summed E-state index contributed by atoms with van der Waals surface area (Å²) in [5.74, 6) is -1.16. The Hall–Kier alpha value is -3.48. The topological polar surface area (TPSA) is 77.4 Å². The number of nitrogens with zero attached hydrogens (tertiary/aromatic N) is 1. The fourth-order valence-electron chi connectivity index (χ4n) is 2.63. The van der Waals surface area contributed by atoms with E-state index in [1.165, 1.54) is 30.3 Å². The van der Waals surface area contributed by atoms with Gasteiger partial charge in [0.05, 0.1) is 5.52 Å². The van der Waals surface area contributed by atoms with Gasteiger partial charge in [-0.25, -0.2) is 9.18 Å². The van der Waals surface area contributed by atoms with E-state index < -0.39 is 28.8 Å². The smallest absolute Gasteiger partial charge is 0.419 e. The van der Waals surface area contributed by atoms with Crippen LogP contribution in [0, 0.1) is 5.82 Å². The van der Waals surface area contributed by atoms with Crippen LogP contribution < -0.4 is 10.7 Å². The highest BCUT2D eigenvalue weighted by Crippen LogP contribution is 2.16. The van der Waals surface area contributed by atoms with Gasteiger partial charge in [-0.15, -0.1) is 0 Å². The molecule has 28 heavy (non-hydrogen) atoms. The van der Waals surface area contributed by atoms with Crippen LogP contribution in [0.4, 0.5) is 14.9 Å². The van der Waals surface area contributed by atoms with Crippen LogP contribution >= 0.6 is 0 Å². The van der Waals surface area contributed by atoms with Crippen LogP contribution in [0.3, 0.4) is 0 Å². The predicted molar refractivity (Wildman–Crippen MR) is 104 cm³/mol. The first kappa shape index (κ1) is 19.3. The summed E-state index contributed by atoms with van der Waals surface area (Å²) in [7, 11) is 0. The normalized spacial score (nSPS) is 11.3. The zero-order valence-electron chi connectivity index (χ0n) is 15.7. The summed E-state index contributed by atoms with van der Waals surface area (Å²) in [6, 6.07) is 11.6. The molecule has 0 radical (unpaired) electrons. The second kappa shape index (κ2) is 7.26. The summed E-state index contributed by atoms with van der Waals surface area (Å²) < 4.78 is 19.6. The van der Waals surface area contributed by atoms with E-state index in [-0.39, 0.29) is 10.9 Å². The van der Waals surface area contributed by atoms with E-state index in [9.17, 15) is 18.8 Å². The number of anilines is 1. The molecule has 6 nitrogen and oxygen atoms in total. The second-order valence-corrected chi connectivity index (χ2v) is 7.20. The number of halogens is 1. The van der Waals surface area contributed by atoms with Gasteiger partial charge in [0.15, 0.2) is 0 Å². The Morgan fingerprint density at radius 1 is 1.04 bits per heavy atom. The SMILES string of the molecule is CC(C)(C)OC(=O)n1cc(C(=O)Nc2ccc(F)cc2)c(=O)c2ccccc21. The number of fused-ring (bicyclic) bond motifs is 1. The zero-order valence-corrected chi connectivity index (χ0v) is 15.7. The molecule has 1 amide bonds. The molecule has 0 bridgehead atoms. The Labute approximate surface area is 160 Å². The number of rotatable bonds is 2. The van der Waals surface area contributed by atoms with E-state index in [0.717, 1.165) is 10.8 Å². The molecular formula is C21H19FN2O4.